The van der Waals surface area contributed by atoms with Crippen LogP contribution in [0, 0.1) is 18.8 Å². The lowest BCUT2D eigenvalue weighted by Gasteiger charge is -2.05. The van der Waals surface area contributed by atoms with Crippen molar-refractivity contribution in [3.8, 4) is 0 Å². The molecule has 0 aliphatic heterocycles. The second-order valence-corrected chi connectivity index (χ2v) is 5.36. The van der Waals surface area contributed by atoms with Crippen molar-refractivity contribution in [1.82, 2.24) is 0 Å². The SMILES string of the molecule is CC(C)CC(C)C.CCc1ccc(C)cc1. The van der Waals surface area contributed by atoms with Gasteiger partial charge in [-0.1, -0.05) is 64.4 Å². The molecule has 0 radical (unpaired) electrons. The van der Waals surface area contributed by atoms with Gasteiger partial charge in [0.15, 0.2) is 0 Å². The van der Waals surface area contributed by atoms with E-state index >= 15 is 0 Å². The molecule has 0 saturated heterocycles. The molecule has 0 saturated carbocycles. The Morgan fingerprint density at radius 2 is 1.31 bits per heavy atom. The molecule has 1 rings (SSSR count). The number of hydrogen-bond donors (Lipinski definition) is 0. The number of benzene rings is 1. The molecule has 0 heteroatoms. The Balaban J connectivity index is 0.000000293. The Kier molecular flexibility index (Phi) is 7.97. The second kappa shape index (κ2) is 8.38. The Labute approximate surface area is 102 Å². The van der Waals surface area contributed by atoms with E-state index in [4.69, 9.17) is 0 Å². The van der Waals surface area contributed by atoms with Crippen molar-refractivity contribution in [3.63, 3.8) is 0 Å². The fourth-order valence-electron chi connectivity index (χ4n) is 1.77. The molecule has 92 valence electrons. The standard InChI is InChI=1S/C9H12.C7H16/c1-3-9-6-4-8(2)5-7-9;1-6(2)5-7(3)4/h4-7H,3H2,1-2H3;6-7H,5H2,1-4H3. The van der Waals surface area contributed by atoms with E-state index in [0.29, 0.717) is 0 Å². The van der Waals surface area contributed by atoms with Gasteiger partial charge in [-0.05, 0) is 37.2 Å². The fourth-order valence-corrected chi connectivity index (χ4v) is 1.77. The van der Waals surface area contributed by atoms with Crippen LogP contribution in [0.3, 0.4) is 0 Å². The van der Waals surface area contributed by atoms with Crippen molar-refractivity contribution >= 4 is 0 Å². The molecule has 0 aliphatic carbocycles. The van der Waals surface area contributed by atoms with Crippen LogP contribution in [0.2, 0.25) is 0 Å². The highest BCUT2D eigenvalue weighted by Gasteiger charge is 1.95. The first kappa shape index (κ1) is 15.2. The van der Waals surface area contributed by atoms with Crippen LogP contribution in [0.25, 0.3) is 0 Å². The van der Waals surface area contributed by atoms with E-state index in [1.54, 1.807) is 0 Å². The molecule has 0 amide bonds. The van der Waals surface area contributed by atoms with E-state index in [-0.39, 0.29) is 0 Å². The van der Waals surface area contributed by atoms with Crippen LogP contribution >= 0.6 is 0 Å². The van der Waals surface area contributed by atoms with Gasteiger partial charge in [-0.3, -0.25) is 0 Å². The van der Waals surface area contributed by atoms with Gasteiger partial charge >= 0.3 is 0 Å². The van der Waals surface area contributed by atoms with Crippen LogP contribution in [-0.2, 0) is 6.42 Å². The molecule has 1 aromatic carbocycles. The van der Waals surface area contributed by atoms with Crippen molar-refractivity contribution in [3.05, 3.63) is 35.4 Å². The number of rotatable bonds is 3. The van der Waals surface area contributed by atoms with Crippen molar-refractivity contribution in [2.24, 2.45) is 11.8 Å². The van der Waals surface area contributed by atoms with Crippen LogP contribution in [0.1, 0.15) is 52.2 Å². The van der Waals surface area contributed by atoms with Crippen LogP contribution in [0.5, 0.6) is 0 Å². The molecule has 0 nitrogen and oxygen atoms in total. The predicted molar refractivity (Wildman–Crippen MR) is 74.9 cm³/mol. The summed E-state index contributed by atoms with van der Waals surface area (Å²) in [5.74, 6) is 1.75. The Hall–Kier alpha value is -0.780. The van der Waals surface area contributed by atoms with E-state index < -0.39 is 0 Å². The van der Waals surface area contributed by atoms with E-state index in [1.807, 2.05) is 0 Å². The molecule has 0 spiro atoms. The highest BCUT2D eigenvalue weighted by atomic mass is 14.0. The molecule has 0 heterocycles. The zero-order chi connectivity index (χ0) is 12.6. The molecule has 0 fully saturated rings. The maximum atomic E-state index is 2.26. The van der Waals surface area contributed by atoms with Gasteiger partial charge in [0.05, 0.1) is 0 Å². The molecule has 1 aromatic rings. The van der Waals surface area contributed by atoms with Crippen LogP contribution in [0.15, 0.2) is 24.3 Å². The monoisotopic (exact) mass is 220 g/mol. The molecule has 16 heavy (non-hydrogen) atoms. The summed E-state index contributed by atoms with van der Waals surface area (Å²) in [5.41, 5.74) is 2.76. The third kappa shape index (κ3) is 8.52. The van der Waals surface area contributed by atoms with Crippen molar-refractivity contribution in [1.29, 1.82) is 0 Å². The summed E-state index contributed by atoms with van der Waals surface area (Å²) >= 11 is 0. The summed E-state index contributed by atoms with van der Waals surface area (Å²) in [5, 5.41) is 0. The van der Waals surface area contributed by atoms with Gasteiger partial charge in [0.25, 0.3) is 0 Å². The lowest BCUT2D eigenvalue weighted by molar-refractivity contribution is 0.469. The normalized spacial score (nSPS) is 10.2. The van der Waals surface area contributed by atoms with Crippen LogP contribution in [-0.4, -0.2) is 0 Å². The Morgan fingerprint density at radius 1 is 0.875 bits per heavy atom. The van der Waals surface area contributed by atoms with Gasteiger partial charge in [-0.2, -0.15) is 0 Å². The third-order valence-corrected chi connectivity index (χ3v) is 2.47. The first-order valence-electron chi connectivity index (χ1n) is 6.51. The second-order valence-electron chi connectivity index (χ2n) is 5.36. The first-order chi connectivity index (χ1) is 7.45. The summed E-state index contributed by atoms with van der Waals surface area (Å²) in [6, 6.07) is 8.66. The number of aryl methyl sites for hydroxylation is 2. The van der Waals surface area contributed by atoms with E-state index in [9.17, 15) is 0 Å². The maximum Gasteiger partial charge on any atom is -0.0307 e. The van der Waals surface area contributed by atoms with Gasteiger partial charge in [-0.25, -0.2) is 0 Å². The Bertz CT molecular complexity index is 248. The van der Waals surface area contributed by atoms with Crippen LogP contribution < -0.4 is 0 Å². The van der Waals surface area contributed by atoms with Gasteiger partial charge < -0.3 is 0 Å². The van der Waals surface area contributed by atoms with Gasteiger partial charge in [-0.15, -0.1) is 0 Å². The van der Waals surface area contributed by atoms with Crippen LogP contribution in [0.4, 0.5) is 0 Å². The van der Waals surface area contributed by atoms with Gasteiger partial charge in [0.1, 0.15) is 0 Å². The van der Waals surface area contributed by atoms with Crippen molar-refractivity contribution < 1.29 is 0 Å². The lowest BCUT2D eigenvalue weighted by atomic mass is 10.0. The van der Waals surface area contributed by atoms with Gasteiger partial charge in [0.2, 0.25) is 0 Å². The molecule has 0 N–H and O–H groups in total. The largest absolute Gasteiger partial charge is 0.0628 e. The molecule has 0 aromatic heterocycles. The summed E-state index contributed by atoms with van der Waals surface area (Å²) in [6.45, 7) is 13.3. The minimum atomic E-state index is 0.875. The van der Waals surface area contributed by atoms with E-state index in [0.717, 1.165) is 18.3 Å². The molecule has 0 atom stereocenters. The summed E-state index contributed by atoms with van der Waals surface area (Å²) in [4.78, 5) is 0. The molecule has 0 bridgehead atoms. The topological polar surface area (TPSA) is 0 Å². The van der Waals surface area contributed by atoms with Crippen molar-refractivity contribution in [2.45, 2.75) is 54.4 Å². The molecular weight excluding hydrogens is 192 g/mol. The van der Waals surface area contributed by atoms with E-state index in [1.165, 1.54) is 17.5 Å². The summed E-state index contributed by atoms with van der Waals surface area (Å²) in [7, 11) is 0. The minimum absolute atomic E-state index is 0.875. The molecule has 0 unspecified atom stereocenters. The minimum Gasteiger partial charge on any atom is -0.0628 e. The maximum absolute atomic E-state index is 2.26. The first-order valence-corrected chi connectivity index (χ1v) is 6.51. The smallest absolute Gasteiger partial charge is 0.0307 e. The predicted octanol–water partition coefficient (Wildman–Crippen LogP) is 5.25. The Morgan fingerprint density at radius 3 is 1.56 bits per heavy atom. The number of hydrogen-bond acceptors (Lipinski definition) is 0. The third-order valence-electron chi connectivity index (χ3n) is 2.47. The average molecular weight is 220 g/mol. The summed E-state index contributed by atoms with van der Waals surface area (Å²) in [6.07, 6.45) is 2.50. The zero-order valence-corrected chi connectivity index (χ0v) is 11.9. The fraction of sp³-hybridized carbons (Fsp3) is 0.625. The lowest BCUT2D eigenvalue weighted by Crippen LogP contribution is -1.93. The quantitative estimate of drug-likeness (QED) is 0.653. The van der Waals surface area contributed by atoms with E-state index in [2.05, 4.69) is 65.8 Å². The average Bonchev–Trinajstić information content (AvgIpc) is 2.17. The summed E-state index contributed by atoms with van der Waals surface area (Å²) < 4.78 is 0. The zero-order valence-electron chi connectivity index (χ0n) is 11.9. The highest BCUT2D eigenvalue weighted by Crippen LogP contribution is 2.08. The van der Waals surface area contributed by atoms with Crippen molar-refractivity contribution in [2.75, 3.05) is 0 Å². The molecule has 0 aliphatic rings. The molecular formula is C16H28. The van der Waals surface area contributed by atoms with Gasteiger partial charge in [0, 0.05) is 0 Å². The highest BCUT2D eigenvalue weighted by molar-refractivity contribution is 5.20.